The zero-order valence-electron chi connectivity index (χ0n) is 66.6. The number of Topliss-reactive ketones (excluding diaryl/α,β-unsaturated/α-hetero) is 1. The summed E-state index contributed by atoms with van der Waals surface area (Å²) >= 11 is 0. The maximum absolute atomic E-state index is 16.2. The normalized spacial score (nSPS) is 19.7. The van der Waals surface area contributed by atoms with E-state index in [1.54, 1.807) is 112 Å². The average Bonchev–Trinajstić information content (AvgIpc) is 1.63. The summed E-state index contributed by atoms with van der Waals surface area (Å²) in [5.74, 6) is -8.44. The lowest BCUT2D eigenvalue weighted by Gasteiger charge is -2.37. The smallest absolute Gasteiger partial charge is 0.407 e. The first-order chi connectivity index (χ1) is 55.2. The Kier molecular flexibility index (Phi) is 28.5. The highest BCUT2D eigenvalue weighted by Crippen LogP contribution is 2.45. The molecule has 2 fully saturated rings. The Bertz CT molecular complexity index is 4660. The molecule has 11 rings (SSSR count). The number of esters is 1. The van der Waals surface area contributed by atoms with Gasteiger partial charge in [-0.2, -0.15) is 0 Å². The lowest BCUT2D eigenvalue weighted by atomic mass is 9.84. The van der Waals surface area contributed by atoms with Crippen molar-refractivity contribution in [1.82, 2.24) is 46.3 Å². The molecule has 115 heavy (non-hydrogen) atoms. The predicted octanol–water partition coefficient (Wildman–Crippen LogP) is 10.2. The second-order valence-corrected chi connectivity index (χ2v) is 31.4. The van der Waals surface area contributed by atoms with Gasteiger partial charge in [-0.3, -0.25) is 43.2 Å². The molecule has 4 bridgehead atoms. The van der Waals surface area contributed by atoms with Crippen LogP contribution in [-0.4, -0.2) is 168 Å². The minimum atomic E-state index is -1.61. The Hall–Kier alpha value is -11.3. The Morgan fingerprint density at radius 2 is 1.52 bits per heavy atom. The van der Waals surface area contributed by atoms with Crippen LogP contribution in [0, 0.1) is 17.7 Å². The number of ether oxygens (including phenoxy) is 5. The van der Waals surface area contributed by atoms with Gasteiger partial charge in [0, 0.05) is 93.9 Å². The summed E-state index contributed by atoms with van der Waals surface area (Å²) < 4.78 is 46.5. The van der Waals surface area contributed by atoms with Crippen LogP contribution in [0.3, 0.4) is 0 Å². The van der Waals surface area contributed by atoms with Gasteiger partial charge in [0.25, 0.3) is 0 Å². The fraction of sp³-hybridized carbons (Fsp3) is 0.422. The first-order valence-corrected chi connectivity index (χ1v) is 39.6. The van der Waals surface area contributed by atoms with E-state index in [1.807, 2.05) is 77.4 Å². The van der Waals surface area contributed by atoms with Crippen LogP contribution in [0.25, 0.3) is 22.0 Å². The van der Waals surface area contributed by atoms with Crippen molar-refractivity contribution >= 4 is 70.1 Å². The van der Waals surface area contributed by atoms with Crippen LogP contribution in [0.15, 0.2) is 171 Å². The van der Waals surface area contributed by atoms with Crippen molar-refractivity contribution in [1.29, 1.82) is 0 Å². The Morgan fingerprint density at radius 1 is 0.817 bits per heavy atom. The van der Waals surface area contributed by atoms with Gasteiger partial charge >= 0.3 is 12.1 Å². The van der Waals surface area contributed by atoms with Crippen LogP contribution in [0.1, 0.15) is 136 Å². The highest BCUT2D eigenvalue weighted by Gasteiger charge is 2.51. The summed E-state index contributed by atoms with van der Waals surface area (Å²) in [5, 5.41) is 18.2. The highest BCUT2D eigenvalue weighted by molar-refractivity contribution is 6.00. The maximum Gasteiger partial charge on any atom is 0.407 e. The number of rotatable bonds is 30. The van der Waals surface area contributed by atoms with E-state index in [1.165, 1.54) is 31.3 Å². The van der Waals surface area contributed by atoms with Gasteiger partial charge in [0.15, 0.2) is 5.78 Å². The number of amides is 8. The third-order valence-corrected chi connectivity index (χ3v) is 22.2. The van der Waals surface area contributed by atoms with E-state index in [2.05, 4.69) is 45.1 Å². The molecule has 0 spiro atoms. The molecular formula is C90H106FN9O15. The second-order valence-electron chi connectivity index (χ2n) is 31.4. The maximum atomic E-state index is 16.2. The average molecular weight is 1570 g/mol. The molecule has 6 aromatic carbocycles. The number of aromatic nitrogens is 1. The summed E-state index contributed by atoms with van der Waals surface area (Å²) in [6, 6.07) is 35.9. The van der Waals surface area contributed by atoms with Crippen molar-refractivity contribution in [3.63, 3.8) is 0 Å². The van der Waals surface area contributed by atoms with Crippen molar-refractivity contribution in [2.45, 2.75) is 185 Å². The molecule has 2 aliphatic heterocycles. The molecule has 24 nitrogen and oxygen atoms in total. The molecule has 0 radical (unpaired) electrons. The van der Waals surface area contributed by atoms with Crippen LogP contribution in [0.5, 0.6) is 5.75 Å². The molecular weight excluding hydrogens is 1470 g/mol. The van der Waals surface area contributed by atoms with Crippen LogP contribution < -0.4 is 36.6 Å². The number of ketones is 1. The predicted molar refractivity (Wildman–Crippen MR) is 432 cm³/mol. The summed E-state index contributed by atoms with van der Waals surface area (Å²) in [6.45, 7) is 17.2. The second kappa shape index (κ2) is 38.7. The minimum Gasteiger partial charge on any atom is -0.497 e. The van der Waals surface area contributed by atoms with Crippen LogP contribution >= 0.6 is 0 Å². The number of allylic oxidation sites excluding steroid dienone is 2. The molecule has 25 heteroatoms. The van der Waals surface area contributed by atoms with Crippen LogP contribution in [-0.2, 0) is 107 Å². The number of hydrogen-bond donors (Lipinski definition) is 6. The van der Waals surface area contributed by atoms with Crippen molar-refractivity contribution < 1.29 is 76.0 Å². The number of carbonyl (C=O) groups is 10. The van der Waals surface area contributed by atoms with E-state index in [0.29, 0.717) is 90.6 Å². The number of hydrogen-bond acceptors (Lipinski definition) is 15. The number of unbranched alkanes of at least 4 members (excludes halogenated alkanes) is 1. The SMILES string of the molecule is C=CCCCN(Cc1ccc(CCNC(=O)[C@]2(C)CCCN2C(=O)[C@H](Cc2ccc(OC)cc2)NC(=O)[C@@H](NC(=O)[C@H]2C3CC[C@@H]2OCC(=O)NCc2cccc(c2)C[C@H](NC(=O)OCC2c4ccccc4-c4ccccc42)C(=O)N[C@@H](Cc2cn(CC=C)c4ccc(F)cc24)C3=O)[C@@H](C)OC(C)(C)C)cc1)C(=O)CCC(=O)OC. The zero-order valence-corrected chi connectivity index (χ0v) is 66.6. The van der Waals surface area contributed by atoms with Crippen LogP contribution in [0.2, 0.25) is 0 Å². The number of benzene rings is 6. The fourth-order valence-electron chi connectivity index (χ4n) is 16.3. The van der Waals surface area contributed by atoms with Crippen LogP contribution in [0.4, 0.5) is 9.18 Å². The summed E-state index contributed by atoms with van der Waals surface area (Å²) in [7, 11) is 2.80. The lowest BCUT2D eigenvalue weighted by molar-refractivity contribution is -0.148. The van der Waals surface area contributed by atoms with Gasteiger partial charge in [-0.25, -0.2) is 9.18 Å². The summed E-state index contributed by atoms with van der Waals surface area (Å²) in [4.78, 5) is 150. The molecule has 1 saturated heterocycles. The molecule has 9 atom stereocenters. The van der Waals surface area contributed by atoms with E-state index in [-0.39, 0.29) is 83.0 Å². The number of fused-ring (bicyclic) bond motifs is 8. The zero-order chi connectivity index (χ0) is 82.1. The number of likely N-dealkylation sites (tertiary alicyclic amines) is 1. The highest BCUT2D eigenvalue weighted by atomic mass is 19.1. The number of alkyl carbamates (subject to hydrolysis) is 1. The molecule has 1 aromatic heterocycles. The van der Waals surface area contributed by atoms with E-state index < -0.39 is 125 Å². The molecule has 3 heterocycles. The Morgan fingerprint density at radius 3 is 2.22 bits per heavy atom. The molecule has 8 amide bonds. The van der Waals surface area contributed by atoms with E-state index in [9.17, 15) is 24.0 Å². The number of halogens is 1. The van der Waals surface area contributed by atoms with Gasteiger partial charge in [-0.1, -0.05) is 121 Å². The molecule has 7 aromatic rings. The molecule has 608 valence electrons. The third kappa shape index (κ3) is 21.4. The first-order valence-electron chi connectivity index (χ1n) is 39.6. The van der Waals surface area contributed by atoms with Gasteiger partial charge < -0.3 is 70.0 Å². The molecule has 1 unspecified atom stereocenters. The number of nitrogens with zero attached hydrogens (tertiary/aromatic N) is 3. The Labute approximate surface area is 671 Å². The largest absolute Gasteiger partial charge is 0.497 e. The molecule has 4 aliphatic rings. The monoisotopic (exact) mass is 1570 g/mol. The van der Waals surface area contributed by atoms with Crippen molar-refractivity contribution in [3.05, 3.63) is 221 Å². The third-order valence-electron chi connectivity index (χ3n) is 22.2. The van der Waals surface area contributed by atoms with E-state index >= 15 is 28.4 Å². The van der Waals surface area contributed by atoms with Crippen molar-refractivity contribution in [2.24, 2.45) is 11.8 Å². The molecule has 6 N–H and O–H groups in total. The standard InChI is InChI=1S/C90H106FN9O15/c1-10-12-17-44-99(78(102)38-39-79(103)112-9)52-59-28-26-57(27-29-59)40-42-92-87(109)90(7)41-19-45-100(90)86(108)74(47-58-30-33-64(111-8)34-31-58)95-85(107)81(56(3)115-89(4,5)6)97-84(106)80-69-35-37-76(80)113-55-77(101)93-51-61-21-18-20-60(46-61)48-73(96-88(110)114-54-71-67-24-15-13-22-65(67)66-23-14-16-25-68(66)71)83(105)94-72(82(69)104)49-62-53-98(43-11-2)75-36-32-63(91)50-70(62)75/h10-11,13-16,18,20-34,36,46,50,53,56,69,71-74,76,80-81H,1-2,12,17,19,35,37-45,47-49,51-52,54-55H2,3-9H3,(H,92,109)(H,93,101)(H,94,105)(H,95,107)(H,96,110)(H,97,106)/t56-,69?,72+,73+,74+,76+,80+,81+,90+/m1/s1. The number of carbonyl (C=O) groups excluding carboxylic acids is 10. The number of methoxy groups -OCH3 is 2. The number of nitrogens with one attached hydrogen (secondary N) is 6. The quantitative estimate of drug-likeness (QED) is 0.0139. The summed E-state index contributed by atoms with van der Waals surface area (Å²) in [6.07, 6.45) is 4.14. The van der Waals surface area contributed by atoms with E-state index in [0.717, 1.165) is 33.4 Å². The summed E-state index contributed by atoms with van der Waals surface area (Å²) in [5.41, 5.74) is 6.32. The fourth-order valence-corrected chi connectivity index (χ4v) is 16.3. The minimum absolute atomic E-state index is 0.0176. The molecule has 2 aliphatic carbocycles. The van der Waals surface area contributed by atoms with Gasteiger partial charge in [-0.05, 0) is 166 Å². The van der Waals surface area contributed by atoms with Crippen molar-refractivity contribution in [2.75, 3.05) is 47.1 Å². The van der Waals surface area contributed by atoms with E-state index in [4.69, 9.17) is 23.7 Å². The van der Waals surface area contributed by atoms with Gasteiger partial charge in [0.1, 0.15) is 48.4 Å². The first kappa shape index (κ1) is 84.6. The topological polar surface area (TPSA) is 300 Å². The Balaban J connectivity index is 0.868. The van der Waals surface area contributed by atoms with Gasteiger partial charge in [-0.15, -0.1) is 13.2 Å². The van der Waals surface area contributed by atoms with Crippen molar-refractivity contribution in [3.8, 4) is 16.9 Å². The van der Waals surface area contributed by atoms with Gasteiger partial charge in [0.2, 0.25) is 41.4 Å². The molecule has 1 saturated carbocycles. The lowest BCUT2D eigenvalue weighted by Crippen LogP contribution is -2.63. The van der Waals surface area contributed by atoms with Gasteiger partial charge in [0.05, 0.1) is 50.4 Å².